The second kappa shape index (κ2) is 6.09. The van der Waals surface area contributed by atoms with Gasteiger partial charge >= 0.3 is 5.97 Å². The van der Waals surface area contributed by atoms with E-state index in [-0.39, 0.29) is 17.1 Å². The molecule has 2 bridgehead atoms. The average molecular weight is 396 g/mol. The Labute approximate surface area is 143 Å². The van der Waals surface area contributed by atoms with Crippen LogP contribution in [-0.4, -0.2) is 39.4 Å². The number of halogens is 3. The Hall–Kier alpha value is -0.0800. The molecule has 0 aliphatic heterocycles. The lowest BCUT2D eigenvalue weighted by Crippen LogP contribution is -2.42. The summed E-state index contributed by atoms with van der Waals surface area (Å²) in [4.78, 5) is 21.5. The standard InChI is InChI=1S/C10H16O4S.C2HCl3O2/c1-9(2)7-3-4-10(9,8(11)5-7)6-15(12,13)14;3-2(4,5)1(6)7/h7H,3-6H2,1-2H3,(H,12,13,14);(H,6,7). The topological polar surface area (TPSA) is 109 Å². The van der Waals surface area contributed by atoms with Gasteiger partial charge in [-0.05, 0) is 24.2 Å². The van der Waals surface area contributed by atoms with E-state index in [1.165, 1.54) is 0 Å². The minimum atomic E-state index is -4.08. The van der Waals surface area contributed by atoms with Crippen LogP contribution in [0.2, 0.25) is 0 Å². The summed E-state index contributed by atoms with van der Waals surface area (Å²) >= 11 is 14.4. The highest BCUT2D eigenvalue weighted by Crippen LogP contribution is 2.64. The molecule has 2 saturated carbocycles. The largest absolute Gasteiger partial charge is 0.478 e. The summed E-state index contributed by atoms with van der Waals surface area (Å²) in [6.45, 7) is 3.89. The molecule has 128 valence electrons. The molecule has 6 nitrogen and oxygen atoms in total. The van der Waals surface area contributed by atoms with Crippen molar-refractivity contribution in [2.45, 2.75) is 36.9 Å². The lowest BCUT2D eigenvalue weighted by Gasteiger charge is -2.35. The van der Waals surface area contributed by atoms with E-state index in [2.05, 4.69) is 0 Å². The van der Waals surface area contributed by atoms with Gasteiger partial charge in [0.25, 0.3) is 13.9 Å². The number of carboxylic acids is 1. The minimum Gasteiger partial charge on any atom is -0.478 e. The van der Waals surface area contributed by atoms with Gasteiger partial charge in [0.15, 0.2) is 0 Å². The van der Waals surface area contributed by atoms with Crippen molar-refractivity contribution in [1.82, 2.24) is 0 Å². The maximum absolute atomic E-state index is 11.9. The van der Waals surface area contributed by atoms with Gasteiger partial charge in [0.2, 0.25) is 0 Å². The molecule has 22 heavy (non-hydrogen) atoms. The second-order valence-corrected chi connectivity index (χ2v) is 9.93. The predicted octanol–water partition coefficient (Wildman–Crippen LogP) is 2.71. The number of hydrogen-bond acceptors (Lipinski definition) is 4. The summed E-state index contributed by atoms with van der Waals surface area (Å²) in [7, 11) is -4.08. The van der Waals surface area contributed by atoms with Crippen molar-refractivity contribution in [3.63, 3.8) is 0 Å². The van der Waals surface area contributed by atoms with Crippen LogP contribution in [0.4, 0.5) is 0 Å². The fourth-order valence-corrected chi connectivity index (χ4v) is 4.72. The molecule has 2 fully saturated rings. The molecule has 2 atom stereocenters. The molecule has 2 N–H and O–H groups in total. The first-order valence-electron chi connectivity index (χ1n) is 6.42. The van der Waals surface area contributed by atoms with E-state index in [1.807, 2.05) is 13.8 Å². The Morgan fingerprint density at radius 3 is 2.05 bits per heavy atom. The number of ketones is 1. The third-order valence-electron chi connectivity index (χ3n) is 4.81. The van der Waals surface area contributed by atoms with Crippen LogP contribution >= 0.6 is 34.8 Å². The average Bonchev–Trinajstić information content (AvgIpc) is 2.60. The molecule has 0 spiro atoms. The molecule has 0 saturated heterocycles. The predicted molar refractivity (Wildman–Crippen MR) is 82.9 cm³/mol. The van der Waals surface area contributed by atoms with Gasteiger partial charge in [-0.15, -0.1) is 0 Å². The van der Waals surface area contributed by atoms with Crippen molar-refractivity contribution in [3.8, 4) is 0 Å². The van der Waals surface area contributed by atoms with Gasteiger partial charge in [-0.25, -0.2) is 4.79 Å². The molecule has 10 heteroatoms. The van der Waals surface area contributed by atoms with Gasteiger partial charge in [0.05, 0.1) is 11.2 Å². The Bertz CT molecular complexity index is 580. The van der Waals surface area contributed by atoms with Crippen LogP contribution < -0.4 is 0 Å². The lowest BCUT2D eigenvalue weighted by atomic mass is 9.70. The molecular weight excluding hydrogens is 379 g/mol. The summed E-state index contributed by atoms with van der Waals surface area (Å²) < 4.78 is 28.8. The van der Waals surface area contributed by atoms with Gasteiger partial charge in [-0.2, -0.15) is 8.42 Å². The molecule has 2 aliphatic carbocycles. The number of carboxylic acid groups (broad SMARTS) is 1. The maximum atomic E-state index is 11.9. The van der Waals surface area contributed by atoms with Crippen LogP contribution in [0.1, 0.15) is 33.1 Å². The Morgan fingerprint density at radius 1 is 1.36 bits per heavy atom. The Balaban J connectivity index is 0.000000295. The van der Waals surface area contributed by atoms with Crippen LogP contribution in [-0.2, 0) is 19.7 Å². The minimum absolute atomic E-state index is 0.0152. The number of hydrogen-bond donors (Lipinski definition) is 2. The van der Waals surface area contributed by atoms with E-state index < -0.39 is 31.0 Å². The number of rotatable bonds is 2. The molecule has 2 rings (SSSR count). The first-order chi connectivity index (χ1) is 9.63. The molecule has 2 unspecified atom stereocenters. The maximum Gasteiger partial charge on any atom is 0.356 e. The van der Waals surface area contributed by atoms with Crippen LogP contribution in [0.3, 0.4) is 0 Å². The molecule has 0 heterocycles. The van der Waals surface area contributed by atoms with Crippen molar-refractivity contribution in [2.75, 3.05) is 5.75 Å². The Morgan fingerprint density at radius 2 is 1.82 bits per heavy atom. The van der Waals surface area contributed by atoms with Gasteiger partial charge in [-0.1, -0.05) is 48.7 Å². The van der Waals surface area contributed by atoms with Crippen LogP contribution in [0.15, 0.2) is 0 Å². The van der Waals surface area contributed by atoms with E-state index in [1.54, 1.807) is 0 Å². The zero-order chi connectivity index (χ0) is 17.6. The van der Waals surface area contributed by atoms with Gasteiger partial charge in [0, 0.05) is 6.42 Å². The third-order valence-corrected chi connectivity index (χ3v) is 6.15. The summed E-state index contributed by atoms with van der Waals surface area (Å²) in [5.41, 5.74) is -1.12. The van der Waals surface area contributed by atoms with E-state index in [0.29, 0.717) is 12.8 Å². The number of aliphatic carboxylic acids is 1. The molecule has 0 amide bonds. The molecule has 0 aromatic heterocycles. The van der Waals surface area contributed by atoms with Crippen LogP contribution in [0, 0.1) is 16.7 Å². The summed E-state index contributed by atoms with van der Waals surface area (Å²) in [5.74, 6) is -1.56. The van der Waals surface area contributed by atoms with E-state index in [4.69, 9.17) is 44.5 Å². The smallest absolute Gasteiger partial charge is 0.356 e. The van der Waals surface area contributed by atoms with Crippen molar-refractivity contribution >= 4 is 56.7 Å². The highest BCUT2D eigenvalue weighted by molar-refractivity contribution is 7.85. The summed E-state index contributed by atoms with van der Waals surface area (Å²) in [6.07, 6.45) is 1.97. The van der Waals surface area contributed by atoms with Crippen molar-refractivity contribution < 1.29 is 27.7 Å². The molecular formula is C12H17Cl3O6S. The SMILES string of the molecule is CC1(C)C2CCC1(CS(=O)(=O)O)C(=O)C2.O=C(O)C(Cl)(Cl)Cl. The van der Waals surface area contributed by atoms with E-state index >= 15 is 0 Å². The van der Waals surface area contributed by atoms with Crippen LogP contribution in [0.5, 0.6) is 0 Å². The van der Waals surface area contributed by atoms with E-state index in [9.17, 15) is 18.0 Å². The fraction of sp³-hybridized carbons (Fsp3) is 0.833. The number of alkyl halides is 3. The van der Waals surface area contributed by atoms with Crippen molar-refractivity contribution in [3.05, 3.63) is 0 Å². The van der Waals surface area contributed by atoms with Gasteiger partial charge < -0.3 is 5.11 Å². The first-order valence-corrected chi connectivity index (χ1v) is 9.16. The van der Waals surface area contributed by atoms with Crippen molar-refractivity contribution in [2.24, 2.45) is 16.7 Å². The lowest BCUT2D eigenvalue weighted by molar-refractivity contribution is -0.136. The highest BCUT2D eigenvalue weighted by Gasteiger charge is 2.65. The quantitative estimate of drug-likeness (QED) is 0.549. The molecule has 2 aliphatic rings. The number of carbonyl (C=O) groups is 2. The molecule has 0 radical (unpaired) electrons. The highest BCUT2D eigenvalue weighted by atomic mass is 35.6. The molecule has 0 aromatic carbocycles. The number of Topliss-reactive ketones (excluding diaryl/α,β-unsaturated/α-hetero) is 1. The second-order valence-electron chi connectivity index (χ2n) is 6.20. The molecule has 0 aromatic rings. The fourth-order valence-electron chi connectivity index (χ4n) is 3.42. The summed E-state index contributed by atoms with van der Waals surface area (Å²) in [6, 6.07) is 0. The van der Waals surface area contributed by atoms with Gasteiger partial charge in [0.1, 0.15) is 5.78 Å². The monoisotopic (exact) mass is 394 g/mol. The third kappa shape index (κ3) is 3.87. The van der Waals surface area contributed by atoms with Crippen LogP contribution in [0.25, 0.3) is 0 Å². The zero-order valence-corrected chi connectivity index (χ0v) is 15.1. The first kappa shape index (κ1) is 20.0. The summed E-state index contributed by atoms with van der Waals surface area (Å²) in [5, 5.41) is 7.85. The van der Waals surface area contributed by atoms with Crippen molar-refractivity contribution in [1.29, 1.82) is 0 Å². The van der Waals surface area contributed by atoms with Gasteiger partial charge in [-0.3, -0.25) is 9.35 Å². The van der Waals surface area contributed by atoms with E-state index in [0.717, 1.165) is 6.42 Å². The Kier molecular flexibility index (Phi) is 5.53. The normalized spacial score (nSPS) is 29.9. The number of fused-ring (bicyclic) bond motifs is 2. The zero-order valence-electron chi connectivity index (χ0n) is 12.0. The number of carbonyl (C=O) groups excluding carboxylic acids is 1.